The molecule has 1 amide bonds. The number of hydrogen-bond donors (Lipinski definition) is 4. The standard InChI is InChI=1S/C14H21N3O3/c1-9(2)10-3-5-11(6-4-10)16-17-12(14(19)20)7-8-13(15)18/h3-6,9,12,16-17H,7-8H2,1-2H3,(H2,15,18)(H,19,20)/t12-/m1/s1. The first-order valence-electron chi connectivity index (χ1n) is 6.52. The minimum absolute atomic E-state index is 0.0257. The summed E-state index contributed by atoms with van der Waals surface area (Å²) in [5.74, 6) is -1.10. The van der Waals surface area contributed by atoms with Crippen molar-refractivity contribution in [2.45, 2.75) is 38.6 Å². The Morgan fingerprint density at radius 1 is 1.25 bits per heavy atom. The van der Waals surface area contributed by atoms with Crippen molar-refractivity contribution < 1.29 is 14.7 Å². The smallest absolute Gasteiger partial charge is 0.322 e. The van der Waals surface area contributed by atoms with Crippen LogP contribution in [0.25, 0.3) is 0 Å². The molecule has 0 saturated heterocycles. The lowest BCUT2D eigenvalue weighted by Gasteiger charge is -2.16. The lowest BCUT2D eigenvalue weighted by molar-refractivity contribution is -0.139. The van der Waals surface area contributed by atoms with Crippen LogP contribution in [0.2, 0.25) is 0 Å². The van der Waals surface area contributed by atoms with Crippen LogP contribution in [0.1, 0.15) is 38.2 Å². The van der Waals surface area contributed by atoms with Crippen LogP contribution in [0.5, 0.6) is 0 Å². The third-order valence-corrected chi connectivity index (χ3v) is 2.95. The Labute approximate surface area is 118 Å². The number of benzene rings is 1. The van der Waals surface area contributed by atoms with Gasteiger partial charge in [-0.25, -0.2) is 5.43 Å². The number of primary amides is 1. The number of carbonyl (C=O) groups is 2. The quantitative estimate of drug-likeness (QED) is 0.539. The molecule has 0 aliphatic carbocycles. The second-order valence-electron chi connectivity index (χ2n) is 4.94. The van der Waals surface area contributed by atoms with E-state index in [0.717, 1.165) is 5.69 Å². The lowest BCUT2D eigenvalue weighted by atomic mass is 10.0. The molecule has 0 unspecified atom stereocenters. The summed E-state index contributed by atoms with van der Waals surface area (Å²) in [6, 6.07) is 6.83. The van der Waals surface area contributed by atoms with Gasteiger partial charge >= 0.3 is 5.97 Å². The van der Waals surface area contributed by atoms with Gasteiger partial charge in [-0.2, -0.15) is 0 Å². The fourth-order valence-electron chi connectivity index (χ4n) is 1.67. The Morgan fingerprint density at radius 3 is 2.30 bits per heavy atom. The molecule has 1 atom stereocenters. The van der Waals surface area contributed by atoms with Gasteiger partial charge < -0.3 is 16.3 Å². The molecule has 0 fully saturated rings. The van der Waals surface area contributed by atoms with Gasteiger partial charge in [0, 0.05) is 12.1 Å². The summed E-state index contributed by atoms with van der Waals surface area (Å²) in [7, 11) is 0. The monoisotopic (exact) mass is 279 g/mol. The normalized spacial score (nSPS) is 12.2. The van der Waals surface area contributed by atoms with Crippen LogP contribution in [0, 0.1) is 0 Å². The minimum atomic E-state index is -1.03. The second kappa shape index (κ2) is 7.49. The minimum Gasteiger partial charge on any atom is -0.480 e. The number of nitrogens with one attached hydrogen (secondary N) is 2. The molecule has 0 saturated carbocycles. The Morgan fingerprint density at radius 2 is 1.85 bits per heavy atom. The highest BCUT2D eigenvalue weighted by Gasteiger charge is 2.17. The molecule has 0 heterocycles. The zero-order valence-electron chi connectivity index (χ0n) is 11.7. The number of amides is 1. The molecule has 5 N–H and O–H groups in total. The van der Waals surface area contributed by atoms with Gasteiger partial charge in [0.1, 0.15) is 6.04 Å². The molecular formula is C14H21N3O3. The Hall–Kier alpha value is -2.08. The first kappa shape index (κ1) is 16.0. The number of rotatable bonds is 8. The second-order valence-corrected chi connectivity index (χ2v) is 4.94. The molecule has 110 valence electrons. The fraction of sp³-hybridized carbons (Fsp3) is 0.429. The van der Waals surface area contributed by atoms with Gasteiger partial charge in [-0.05, 0) is 30.0 Å². The molecule has 0 aliphatic heterocycles. The van der Waals surface area contributed by atoms with Crippen molar-refractivity contribution in [3.63, 3.8) is 0 Å². The average molecular weight is 279 g/mol. The van der Waals surface area contributed by atoms with Crippen LogP contribution in [0.15, 0.2) is 24.3 Å². The SMILES string of the molecule is CC(C)c1ccc(NN[C@H](CCC(N)=O)C(=O)O)cc1. The van der Waals surface area contributed by atoms with Crippen molar-refractivity contribution in [2.24, 2.45) is 5.73 Å². The van der Waals surface area contributed by atoms with Gasteiger partial charge in [0.15, 0.2) is 0 Å². The van der Waals surface area contributed by atoms with E-state index in [9.17, 15) is 9.59 Å². The summed E-state index contributed by atoms with van der Waals surface area (Å²) in [6.45, 7) is 4.20. The molecule has 0 aromatic heterocycles. The van der Waals surface area contributed by atoms with E-state index in [2.05, 4.69) is 24.7 Å². The van der Waals surface area contributed by atoms with E-state index in [-0.39, 0.29) is 12.8 Å². The van der Waals surface area contributed by atoms with Gasteiger partial charge in [0.25, 0.3) is 0 Å². The van der Waals surface area contributed by atoms with Crippen LogP contribution in [-0.4, -0.2) is 23.0 Å². The zero-order valence-corrected chi connectivity index (χ0v) is 11.7. The highest BCUT2D eigenvalue weighted by Crippen LogP contribution is 2.16. The molecule has 0 aliphatic rings. The van der Waals surface area contributed by atoms with Crippen molar-refractivity contribution in [3.8, 4) is 0 Å². The van der Waals surface area contributed by atoms with Gasteiger partial charge in [0.2, 0.25) is 5.91 Å². The molecule has 1 rings (SSSR count). The summed E-state index contributed by atoms with van der Waals surface area (Å²) in [4.78, 5) is 21.7. The van der Waals surface area contributed by atoms with Crippen molar-refractivity contribution in [3.05, 3.63) is 29.8 Å². The largest absolute Gasteiger partial charge is 0.480 e. The third-order valence-electron chi connectivity index (χ3n) is 2.95. The lowest BCUT2D eigenvalue weighted by Crippen LogP contribution is -2.41. The van der Waals surface area contributed by atoms with Crippen molar-refractivity contribution in [1.82, 2.24) is 5.43 Å². The van der Waals surface area contributed by atoms with Crippen LogP contribution in [0.3, 0.4) is 0 Å². The van der Waals surface area contributed by atoms with E-state index in [1.54, 1.807) is 0 Å². The molecular weight excluding hydrogens is 258 g/mol. The Balaban J connectivity index is 2.54. The van der Waals surface area contributed by atoms with Gasteiger partial charge in [0.05, 0.1) is 0 Å². The first-order chi connectivity index (χ1) is 9.40. The molecule has 20 heavy (non-hydrogen) atoms. The maximum absolute atomic E-state index is 11.0. The predicted molar refractivity (Wildman–Crippen MR) is 77.1 cm³/mol. The summed E-state index contributed by atoms with van der Waals surface area (Å²) >= 11 is 0. The summed E-state index contributed by atoms with van der Waals surface area (Å²) in [6.07, 6.45) is 0.166. The molecule has 6 heteroatoms. The number of nitrogens with two attached hydrogens (primary N) is 1. The van der Waals surface area contributed by atoms with E-state index >= 15 is 0 Å². The highest BCUT2D eigenvalue weighted by molar-refractivity contribution is 5.77. The number of carbonyl (C=O) groups excluding carboxylic acids is 1. The molecule has 1 aromatic rings. The van der Waals surface area contributed by atoms with Gasteiger partial charge in [-0.1, -0.05) is 26.0 Å². The molecule has 0 bridgehead atoms. The number of anilines is 1. The summed E-state index contributed by atoms with van der Waals surface area (Å²) in [5.41, 5.74) is 12.5. The molecule has 0 spiro atoms. The number of aliphatic carboxylic acids is 1. The zero-order chi connectivity index (χ0) is 15.1. The number of carboxylic acid groups (broad SMARTS) is 1. The van der Waals surface area contributed by atoms with Crippen LogP contribution >= 0.6 is 0 Å². The number of hydrogen-bond acceptors (Lipinski definition) is 4. The maximum atomic E-state index is 11.0. The van der Waals surface area contributed by atoms with E-state index < -0.39 is 17.9 Å². The third kappa shape index (κ3) is 5.27. The van der Waals surface area contributed by atoms with E-state index in [1.807, 2.05) is 24.3 Å². The van der Waals surface area contributed by atoms with Crippen molar-refractivity contribution in [1.29, 1.82) is 0 Å². The Bertz CT molecular complexity index is 457. The van der Waals surface area contributed by atoms with Crippen molar-refractivity contribution in [2.75, 3.05) is 5.43 Å². The maximum Gasteiger partial charge on any atom is 0.322 e. The first-order valence-corrected chi connectivity index (χ1v) is 6.52. The fourth-order valence-corrected chi connectivity index (χ4v) is 1.67. The molecule has 0 radical (unpaired) electrons. The highest BCUT2D eigenvalue weighted by atomic mass is 16.4. The number of carboxylic acids is 1. The van der Waals surface area contributed by atoms with E-state index in [1.165, 1.54) is 5.56 Å². The van der Waals surface area contributed by atoms with E-state index in [0.29, 0.717) is 5.92 Å². The topological polar surface area (TPSA) is 104 Å². The van der Waals surface area contributed by atoms with E-state index in [4.69, 9.17) is 10.8 Å². The summed E-state index contributed by atoms with van der Waals surface area (Å²) in [5, 5.41) is 9.03. The molecule has 1 aromatic carbocycles. The van der Waals surface area contributed by atoms with Gasteiger partial charge in [-0.3, -0.25) is 9.59 Å². The van der Waals surface area contributed by atoms with Gasteiger partial charge in [-0.15, -0.1) is 0 Å². The van der Waals surface area contributed by atoms with Crippen LogP contribution in [-0.2, 0) is 9.59 Å². The van der Waals surface area contributed by atoms with Crippen LogP contribution in [0.4, 0.5) is 5.69 Å². The number of hydrazine groups is 1. The Kier molecular flexibility index (Phi) is 5.99. The summed E-state index contributed by atoms with van der Waals surface area (Å²) < 4.78 is 0. The van der Waals surface area contributed by atoms with Crippen molar-refractivity contribution >= 4 is 17.6 Å². The average Bonchev–Trinajstić information content (AvgIpc) is 2.38. The molecule has 6 nitrogen and oxygen atoms in total. The predicted octanol–water partition coefficient (Wildman–Crippen LogP) is 1.45. The van der Waals surface area contributed by atoms with Crippen LogP contribution < -0.4 is 16.6 Å².